The van der Waals surface area contributed by atoms with E-state index in [4.69, 9.17) is 10.5 Å². The second-order valence-electron chi connectivity index (χ2n) is 4.90. The lowest BCUT2D eigenvalue weighted by Gasteiger charge is -2.35. The Hall–Kier alpha value is -1.79. The van der Waals surface area contributed by atoms with Crippen molar-refractivity contribution in [2.75, 3.05) is 11.9 Å². The molecule has 0 fully saturated rings. The molecule has 19 heavy (non-hydrogen) atoms. The Morgan fingerprint density at radius 3 is 2.63 bits per heavy atom. The van der Waals surface area contributed by atoms with Gasteiger partial charge in [0.15, 0.2) is 12.2 Å². The summed E-state index contributed by atoms with van der Waals surface area (Å²) >= 11 is 0. The largest absolute Gasteiger partial charge is 0.494 e. The summed E-state index contributed by atoms with van der Waals surface area (Å²) in [5.41, 5.74) is 6.45. The van der Waals surface area contributed by atoms with Gasteiger partial charge in [0.2, 0.25) is 0 Å². The van der Waals surface area contributed by atoms with Crippen LogP contribution in [0, 0.1) is 0 Å². The molecule has 0 aliphatic carbocycles. The maximum Gasteiger partial charge on any atom is 0.200 e. The van der Waals surface area contributed by atoms with Crippen LogP contribution in [-0.2, 0) is 0 Å². The first-order valence-electron chi connectivity index (χ1n) is 6.38. The van der Waals surface area contributed by atoms with Gasteiger partial charge < -0.3 is 15.4 Å². The third-order valence-electron chi connectivity index (χ3n) is 2.64. The Kier molecular flexibility index (Phi) is 3.92. The second-order valence-corrected chi connectivity index (χ2v) is 4.90. The molecule has 6 heteroatoms. The van der Waals surface area contributed by atoms with Crippen molar-refractivity contribution in [2.45, 2.75) is 32.7 Å². The lowest BCUT2D eigenvalue weighted by molar-refractivity contribution is 0.299. The number of aliphatic imine (C=N–C) groups is 1. The number of anilines is 1. The number of hydrogen-bond acceptors (Lipinski definition) is 6. The first-order valence-corrected chi connectivity index (χ1v) is 6.38. The molecule has 1 aromatic carbocycles. The van der Waals surface area contributed by atoms with Crippen LogP contribution in [0.5, 0.6) is 5.75 Å². The van der Waals surface area contributed by atoms with Gasteiger partial charge in [0.1, 0.15) is 5.75 Å². The van der Waals surface area contributed by atoms with E-state index in [1.807, 2.05) is 45.0 Å². The van der Waals surface area contributed by atoms with Gasteiger partial charge >= 0.3 is 0 Å². The first-order chi connectivity index (χ1) is 8.98. The quantitative estimate of drug-likeness (QED) is 0.654. The molecule has 0 saturated carbocycles. The molecule has 0 spiro atoms. The molecule has 5 N–H and O–H groups in total. The van der Waals surface area contributed by atoms with Crippen molar-refractivity contribution in [3.8, 4) is 5.75 Å². The third-order valence-corrected chi connectivity index (χ3v) is 2.64. The molecule has 0 saturated heterocycles. The highest BCUT2D eigenvalue weighted by atomic mass is 16.5. The summed E-state index contributed by atoms with van der Waals surface area (Å²) in [7, 11) is 0. The highest BCUT2D eigenvalue weighted by molar-refractivity contribution is 5.94. The number of ether oxygens (including phenoxy) is 1. The fourth-order valence-electron chi connectivity index (χ4n) is 1.91. The minimum absolute atomic E-state index is 0.297. The topological polar surface area (TPSA) is 83.7 Å². The number of rotatable bonds is 3. The molecule has 1 aliphatic heterocycles. The van der Waals surface area contributed by atoms with Crippen LogP contribution >= 0.6 is 0 Å². The van der Waals surface area contributed by atoms with E-state index in [0.29, 0.717) is 12.6 Å². The zero-order valence-electron chi connectivity index (χ0n) is 11.5. The number of nitrogens with one attached hydrogen (secondary N) is 3. The van der Waals surface area contributed by atoms with Crippen molar-refractivity contribution in [1.82, 2.24) is 10.6 Å². The molecule has 0 radical (unpaired) electrons. The molecule has 6 nitrogen and oxygen atoms in total. The van der Waals surface area contributed by atoms with E-state index in [2.05, 4.69) is 20.9 Å². The second kappa shape index (κ2) is 5.46. The van der Waals surface area contributed by atoms with E-state index >= 15 is 0 Å². The number of guanidine groups is 1. The van der Waals surface area contributed by atoms with Gasteiger partial charge in [-0.15, -0.1) is 0 Å². The molecule has 1 heterocycles. The van der Waals surface area contributed by atoms with Gasteiger partial charge in [0, 0.05) is 5.69 Å². The third kappa shape index (κ3) is 3.84. The van der Waals surface area contributed by atoms with Crippen LogP contribution in [0.4, 0.5) is 5.69 Å². The maximum absolute atomic E-state index is 5.82. The average Bonchev–Trinajstić information content (AvgIpc) is 2.29. The fraction of sp³-hybridized carbons (Fsp3) is 0.462. The smallest absolute Gasteiger partial charge is 0.200 e. The molecular weight excluding hydrogens is 242 g/mol. The van der Waals surface area contributed by atoms with Crippen LogP contribution in [0.25, 0.3) is 0 Å². The maximum atomic E-state index is 5.82. The van der Waals surface area contributed by atoms with Crippen LogP contribution in [0.1, 0.15) is 20.8 Å². The summed E-state index contributed by atoms with van der Waals surface area (Å²) in [6, 6.07) is 7.71. The van der Waals surface area contributed by atoms with Crippen LogP contribution in [-0.4, -0.2) is 24.5 Å². The van der Waals surface area contributed by atoms with Gasteiger partial charge in [-0.2, -0.15) is 0 Å². The highest BCUT2D eigenvalue weighted by Crippen LogP contribution is 2.16. The van der Waals surface area contributed by atoms with Crippen LogP contribution < -0.4 is 26.4 Å². The number of nitrogens with zero attached hydrogens (tertiary/aromatic N) is 1. The SMILES string of the molecule is CCOc1ccc(NC2=NC(N)NC(C)(C)N2)cc1. The Labute approximate surface area is 113 Å². The Balaban J connectivity index is 2.04. The Morgan fingerprint density at radius 1 is 1.37 bits per heavy atom. The number of nitrogens with two attached hydrogens (primary N) is 1. The van der Waals surface area contributed by atoms with E-state index in [9.17, 15) is 0 Å². The van der Waals surface area contributed by atoms with E-state index in [-0.39, 0.29) is 5.66 Å². The summed E-state index contributed by atoms with van der Waals surface area (Å²) in [5, 5.41) is 9.54. The van der Waals surface area contributed by atoms with Crippen LogP contribution in [0.2, 0.25) is 0 Å². The van der Waals surface area contributed by atoms with Gasteiger partial charge in [-0.1, -0.05) is 0 Å². The summed E-state index contributed by atoms with van der Waals surface area (Å²) in [6.45, 7) is 6.63. The highest BCUT2D eigenvalue weighted by Gasteiger charge is 2.25. The monoisotopic (exact) mass is 263 g/mol. The predicted octanol–water partition coefficient (Wildman–Crippen LogP) is 1.02. The molecule has 0 aromatic heterocycles. The lowest BCUT2D eigenvalue weighted by Crippen LogP contribution is -2.64. The van der Waals surface area contributed by atoms with Crippen molar-refractivity contribution in [2.24, 2.45) is 10.7 Å². The van der Waals surface area contributed by atoms with Crippen LogP contribution in [0.3, 0.4) is 0 Å². The van der Waals surface area contributed by atoms with E-state index < -0.39 is 6.29 Å². The normalized spacial score (nSPS) is 21.3. The average molecular weight is 263 g/mol. The predicted molar refractivity (Wildman–Crippen MR) is 77.0 cm³/mol. The summed E-state index contributed by atoms with van der Waals surface area (Å²) in [6.07, 6.45) is -0.415. The molecule has 2 rings (SSSR count). The molecular formula is C13H21N5O. The summed E-state index contributed by atoms with van der Waals surface area (Å²) in [4.78, 5) is 4.26. The van der Waals surface area contributed by atoms with Gasteiger partial charge in [-0.25, -0.2) is 4.99 Å². The van der Waals surface area contributed by atoms with Crippen LogP contribution in [0.15, 0.2) is 29.3 Å². The summed E-state index contributed by atoms with van der Waals surface area (Å²) < 4.78 is 5.40. The van der Waals surface area contributed by atoms with Gasteiger partial charge in [0.25, 0.3) is 0 Å². The Bertz CT molecular complexity index is 455. The first kappa shape index (κ1) is 13.6. The molecule has 0 bridgehead atoms. The van der Waals surface area contributed by atoms with Crippen molar-refractivity contribution in [3.05, 3.63) is 24.3 Å². The zero-order chi connectivity index (χ0) is 13.9. The van der Waals surface area contributed by atoms with E-state index in [1.54, 1.807) is 0 Å². The zero-order valence-corrected chi connectivity index (χ0v) is 11.5. The number of benzene rings is 1. The Morgan fingerprint density at radius 2 is 2.05 bits per heavy atom. The molecule has 1 unspecified atom stereocenters. The minimum Gasteiger partial charge on any atom is -0.494 e. The molecule has 104 valence electrons. The molecule has 1 aromatic rings. The minimum atomic E-state index is -0.415. The standard InChI is InChI=1S/C13H21N5O/c1-4-19-10-7-5-9(6-8-10)15-12-16-11(14)17-13(2,3)18-12/h5-8,11,17H,4,14H2,1-3H3,(H2,15,16,18). The molecule has 1 aliphatic rings. The van der Waals surface area contributed by atoms with Gasteiger partial charge in [-0.3, -0.25) is 11.1 Å². The number of hydrogen-bond donors (Lipinski definition) is 4. The van der Waals surface area contributed by atoms with Crippen molar-refractivity contribution < 1.29 is 4.74 Å². The van der Waals surface area contributed by atoms with E-state index in [1.165, 1.54) is 0 Å². The lowest BCUT2D eigenvalue weighted by atomic mass is 10.2. The molecule has 0 amide bonds. The molecule has 1 atom stereocenters. The summed E-state index contributed by atoms with van der Waals surface area (Å²) in [5.74, 6) is 1.51. The van der Waals surface area contributed by atoms with Gasteiger partial charge in [0.05, 0.1) is 12.3 Å². The van der Waals surface area contributed by atoms with Crippen molar-refractivity contribution in [3.63, 3.8) is 0 Å². The fourth-order valence-corrected chi connectivity index (χ4v) is 1.91. The van der Waals surface area contributed by atoms with E-state index in [0.717, 1.165) is 11.4 Å². The van der Waals surface area contributed by atoms with Crippen molar-refractivity contribution in [1.29, 1.82) is 0 Å². The van der Waals surface area contributed by atoms with Crippen molar-refractivity contribution >= 4 is 11.6 Å². The van der Waals surface area contributed by atoms with Gasteiger partial charge in [-0.05, 0) is 45.0 Å².